The number of rotatable bonds is 8. The number of carbonyl (C=O) groups excluding carboxylic acids is 1. The number of nitrogens with one attached hydrogen (secondary N) is 1. The van der Waals surface area contributed by atoms with Crippen molar-refractivity contribution in [3.8, 4) is 17.2 Å². The quantitative estimate of drug-likeness (QED) is 0.788. The molecule has 6 heteroatoms. The molecular formula is C20H26N2O4. The molecule has 2 amide bonds. The molecule has 2 aromatic carbocycles. The van der Waals surface area contributed by atoms with Crippen LogP contribution in [0.3, 0.4) is 0 Å². The van der Waals surface area contributed by atoms with Crippen LogP contribution in [0.15, 0.2) is 42.5 Å². The summed E-state index contributed by atoms with van der Waals surface area (Å²) in [6.45, 7) is 1.08. The lowest BCUT2D eigenvalue weighted by Crippen LogP contribution is -2.37. The molecule has 26 heavy (non-hydrogen) atoms. The van der Waals surface area contributed by atoms with E-state index < -0.39 is 0 Å². The number of benzene rings is 2. The predicted octanol–water partition coefficient (Wildman–Crippen LogP) is 3.10. The summed E-state index contributed by atoms with van der Waals surface area (Å²) in [5.41, 5.74) is 2.11. The molecule has 6 nitrogen and oxygen atoms in total. The van der Waals surface area contributed by atoms with Gasteiger partial charge in [0.25, 0.3) is 0 Å². The minimum absolute atomic E-state index is 0.110. The molecule has 0 aliphatic heterocycles. The summed E-state index contributed by atoms with van der Waals surface area (Å²) in [6, 6.07) is 13.3. The highest BCUT2D eigenvalue weighted by atomic mass is 16.5. The van der Waals surface area contributed by atoms with Crippen molar-refractivity contribution in [3.63, 3.8) is 0 Å². The van der Waals surface area contributed by atoms with E-state index in [1.165, 1.54) is 0 Å². The summed E-state index contributed by atoms with van der Waals surface area (Å²) >= 11 is 0. The van der Waals surface area contributed by atoms with Gasteiger partial charge in [-0.2, -0.15) is 0 Å². The monoisotopic (exact) mass is 358 g/mol. The second kappa shape index (κ2) is 9.56. The van der Waals surface area contributed by atoms with Crippen LogP contribution in [0.5, 0.6) is 17.2 Å². The van der Waals surface area contributed by atoms with Crippen molar-refractivity contribution in [1.29, 1.82) is 0 Å². The Morgan fingerprint density at radius 2 is 1.58 bits per heavy atom. The molecule has 0 fully saturated rings. The normalized spacial score (nSPS) is 10.2. The third kappa shape index (κ3) is 5.31. The van der Waals surface area contributed by atoms with Crippen molar-refractivity contribution in [3.05, 3.63) is 53.6 Å². The van der Waals surface area contributed by atoms with E-state index in [1.54, 1.807) is 33.3 Å². The standard InChI is InChI=1S/C20H26N2O4/c1-22(14-16-5-8-17(24-2)9-6-16)20(23)21-12-11-15-7-10-18(25-3)19(13-15)26-4/h5-10,13H,11-12,14H2,1-4H3,(H,21,23). The second-order valence-corrected chi connectivity index (χ2v) is 5.88. The van der Waals surface area contributed by atoms with Gasteiger partial charge in [-0.3, -0.25) is 0 Å². The van der Waals surface area contributed by atoms with Gasteiger partial charge in [0.2, 0.25) is 0 Å². The summed E-state index contributed by atoms with van der Waals surface area (Å²) < 4.78 is 15.7. The maximum absolute atomic E-state index is 12.2. The summed E-state index contributed by atoms with van der Waals surface area (Å²) in [4.78, 5) is 13.9. The highest BCUT2D eigenvalue weighted by Crippen LogP contribution is 2.27. The molecule has 0 aromatic heterocycles. The lowest BCUT2D eigenvalue weighted by molar-refractivity contribution is 0.207. The number of methoxy groups -OCH3 is 3. The molecule has 0 saturated carbocycles. The lowest BCUT2D eigenvalue weighted by atomic mass is 10.1. The van der Waals surface area contributed by atoms with E-state index in [2.05, 4.69) is 5.32 Å². The maximum atomic E-state index is 12.2. The lowest BCUT2D eigenvalue weighted by Gasteiger charge is -2.18. The van der Waals surface area contributed by atoms with E-state index in [4.69, 9.17) is 14.2 Å². The molecule has 0 unspecified atom stereocenters. The van der Waals surface area contributed by atoms with Crippen LogP contribution in [0.25, 0.3) is 0 Å². The van der Waals surface area contributed by atoms with Gasteiger partial charge in [0.1, 0.15) is 5.75 Å². The number of nitrogens with zero attached hydrogens (tertiary/aromatic N) is 1. The first-order chi connectivity index (χ1) is 12.6. The Morgan fingerprint density at radius 1 is 0.923 bits per heavy atom. The Balaban J connectivity index is 1.82. The molecule has 0 radical (unpaired) electrons. The molecule has 140 valence electrons. The first-order valence-corrected chi connectivity index (χ1v) is 8.40. The van der Waals surface area contributed by atoms with E-state index in [0.717, 1.165) is 16.9 Å². The smallest absolute Gasteiger partial charge is 0.317 e. The highest BCUT2D eigenvalue weighted by molar-refractivity contribution is 5.73. The number of ether oxygens (including phenoxy) is 3. The number of hydrogen-bond acceptors (Lipinski definition) is 4. The van der Waals surface area contributed by atoms with E-state index in [-0.39, 0.29) is 6.03 Å². The Kier molecular flexibility index (Phi) is 7.14. The fraction of sp³-hybridized carbons (Fsp3) is 0.350. The SMILES string of the molecule is COc1ccc(CN(C)C(=O)NCCc2ccc(OC)c(OC)c2)cc1. The molecule has 1 N–H and O–H groups in total. The van der Waals surface area contributed by atoms with Crippen LogP contribution in [0.1, 0.15) is 11.1 Å². The van der Waals surface area contributed by atoms with Crippen LogP contribution < -0.4 is 19.5 Å². The topological polar surface area (TPSA) is 60.0 Å². The van der Waals surface area contributed by atoms with E-state index >= 15 is 0 Å². The van der Waals surface area contributed by atoms with Gasteiger partial charge in [-0.05, 0) is 41.8 Å². The summed E-state index contributed by atoms with van der Waals surface area (Å²) in [6.07, 6.45) is 0.711. The zero-order valence-electron chi connectivity index (χ0n) is 15.7. The van der Waals surface area contributed by atoms with Crippen molar-refractivity contribution in [2.75, 3.05) is 34.9 Å². The van der Waals surface area contributed by atoms with Crippen LogP contribution in [0.4, 0.5) is 4.79 Å². The molecule has 2 aromatic rings. The third-order valence-electron chi connectivity index (χ3n) is 4.06. The third-order valence-corrected chi connectivity index (χ3v) is 4.06. The Hall–Kier alpha value is -2.89. The molecule has 0 spiro atoms. The number of carbonyl (C=O) groups is 1. The van der Waals surface area contributed by atoms with E-state index in [9.17, 15) is 4.79 Å². The van der Waals surface area contributed by atoms with Crippen LogP contribution in [-0.4, -0.2) is 45.9 Å². The average Bonchev–Trinajstić information content (AvgIpc) is 2.68. The summed E-state index contributed by atoms with van der Waals surface area (Å²) in [5.74, 6) is 2.18. The largest absolute Gasteiger partial charge is 0.497 e. The van der Waals surface area contributed by atoms with Gasteiger partial charge >= 0.3 is 6.03 Å². The Morgan fingerprint density at radius 3 is 2.19 bits per heavy atom. The zero-order valence-corrected chi connectivity index (χ0v) is 15.7. The molecule has 2 rings (SSSR count). The molecule has 0 atom stereocenters. The van der Waals surface area contributed by atoms with Gasteiger partial charge in [0, 0.05) is 20.1 Å². The molecule has 0 aliphatic carbocycles. The second-order valence-electron chi connectivity index (χ2n) is 5.88. The van der Waals surface area contributed by atoms with Gasteiger partial charge in [0.15, 0.2) is 11.5 Å². The molecule has 0 heterocycles. The van der Waals surface area contributed by atoms with Crippen molar-refractivity contribution in [1.82, 2.24) is 10.2 Å². The van der Waals surface area contributed by atoms with Gasteiger partial charge in [-0.1, -0.05) is 18.2 Å². The Bertz CT molecular complexity index is 716. The first kappa shape index (κ1) is 19.4. The highest BCUT2D eigenvalue weighted by Gasteiger charge is 2.09. The van der Waals surface area contributed by atoms with Gasteiger partial charge in [-0.25, -0.2) is 4.79 Å². The first-order valence-electron chi connectivity index (χ1n) is 8.40. The van der Waals surface area contributed by atoms with Crippen LogP contribution >= 0.6 is 0 Å². The fourth-order valence-electron chi connectivity index (χ4n) is 2.56. The van der Waals surface area contributed by atoms with Gasteiger partial charge < -0.3 is 24.4 Å². The maximum Gasteiger partial charge on any atom is 0.317 e. The molecule has 0 aliphatic rings. The van der Waals surface area contributed by atoms with Crippen molar-refractivity contribution in [2.24, 2.45) is 0 Å². The number of hydrogen-bond donors (Lipinski definition) is 1. The van der Waals surface area contributed by atoms with Gasteiger partial charge in [0.05, 0.1) is 21.3 Å². The predicted molar refractivity (Wildman–Crippen MR) is 101 cm³/mol. The van der Waals surface area contributed by atoms with Crippen LogP contribution in [0, 0.1) is 0 Å². The van der Waals surface area contributed by atoms with Crippen molar-refractivity contribution >= 4 is 6.03 Å². The average molecular weight is 358 g/mol. The van der Waals surface area contributed by atoms with E-state index in [1.807, 2.05) is 42.5 Å². The number of amides is 2. The van der Waals surface area contributed by atoms with Crippen molar-refractivity contribution < 1.29 is 19.0 Å². The van der Waals surface area contributed by atoms with Crippen LogP contribution in [0.2, 0.25) is 0 Å². The van der Waals surface area contributed by atoms with Crippen LogP contribution in [-0.2, 0) is 13.0 Å². The minimum Gasteiger partial charge on any atom is -0.497 e. The summed E-state index contributed by atoms with van der Waals surface area (Å²) in [5, 5.41) is 2.93. The minimum atomic E-state index is -0.110. The van der Waals surface area contributed by atoms with Crippen molar-refractivity contribution in [2.45, 2.75) is 13.0 Å². The molecular weight excluding hydrogens is 332 g/mol. The molecule has 0 saturated heterocycles. The Labute approximate surface area is 154 Å². The summed E-state index contributed by atoms with van der Waals surface area (Å²) in [7, 11) is 6.62. The fourth-order valence-corrected chi connectivity index (χ4v) is 2.56. The van der Waals surface area contributed by atoms with Gasteiger partial charge in [-0.15, -0.1) is 0 Å². The molecule has 0 bridgehead atoms. The van der Waals surface area contributed by atoms with E-state index in [0.29, 0.717) is 31.0 Å². The zero-order chi connectivity index (χ0) is 18.9. The number of urea groups is 1.